The molecule has 35 heavy (non-hydrogen) atoms. The van der Waals surface area contributed by atoms with Crippen LogP contribution in [0.15, 0.2) is 76.4 Å². The first kappa shape index (κ1) is 23.4. The third-order valence-corrected chi connectivity index (χ3v) is 7.96. The molecule has 4 aromatic rings. The maximum Gasteiger partial charge on any atom is 0.255 e. The molecule has 178 valence electrons. The van der Waals surface area contributed by atoms with Crippen LogP contribution in [0.2, 0.25) is 0 Å². The maximum absolute atomic E-state index is 13.6. The topological polar surface area (TPSA) is 71.8 Å². The van der Waals surface area contributed by atoms with Crippen LogP contribution >= 0.6 is 23.1 Å². The van der Waals surface area contributed by atoms with Crippen LogP contribution in [-0.4, -0.2) is 20.7 Å². The number of thioether (sulfide) groups is 1. The van der Waals surface area contributed by atoms with Crippen molar-refractivity contribution in [3.05, 3.63) is 98.4 Å². The van der Waals surface area contributed by atoms with Gasteiger partial charge in [-0.15, -0.1) is 16.4 Å². The lowest BCUT2D eigenvalue weighted by Gasteiger charge is -2.27. The van der Waals surface area contributed by atoms with Crippen molar-refractivity contribution in [2.24, 2.45) is 0 Å². The number of nitrogens with one attached hydrogen (secondary N) is 2. The number of thiophene rings is 1. The highest BCUT2D eigenvalue weighted by molar-refractivity contribution is 7.98. The molecule has 0 radical (unpaired) electrons. The monoisotopic (exact) mass is 501 g/mol. The van der Waals surface area contributed by atoms with Crippen molar-refractivity contribution >= 4 is 40.6 Å². The number of rotatable bonds is 6. The summed E-state index contributed by atoms with van der Waals surface area (Å²) in [7, 11) is 0. The molecule has 0 saturated heterocycles. The second-order valence-corrected chi connectivity index (χ2v) is 10.7. The molecule has 5 rings (SSSR count). The van der Waals surface area contributed by atoms with E-state index in [4.69, 9.17) is 10.1 Å². The van der Waals surface area contributed by atoms with E-state index in [2.05, 4.69) is 42.7 Å². The van der Waals surface area contributed by atoms with Crippen molar-refractivity contribution in [1.29, 1.82) is 0 Å². The largest absolute Gasteiger partial charge is 0.328 e. The molecular weight excluding hydrogens is 474 g/mol. The third-order valence-electron chi connectivity index (χ3n) is 6.15. The molecule has 1 aliphatic rings. The van der Waals surface area contributed by atoms with Gasteiger partial charge in [0.05, 0.1) is 5.57 Å². The molecule has 0 aliphatic carbocycles. The van der Waals surface area contributed by atoms with Gasteiger partial charge in [0.25, 0.3) is 5.91 Å². The number of benzene rings is 2. The number of hydrogen-bond donors (Lipinski definition) is 2. The average Bonchev–Trinajstić information content (AvgIpc) is 3.50. The van der Waals surface area contributed by atoms with Crippen LogP contribution in [0.4, 0.5) is 11.6 Å². The van der Waals surface area contributed by atoms with Crippen molar-refractivity contribution in [2.75, 3.05) is 10.6 Å². The molecule has 8 heteroatoms. The first-order valence-electron chi connectivity index (χ1n) is 11.4. The minimum absolute atomic E-state index is 0.145. The molecule has 2 aromatic carbocycles. The minimum Gasteiger partial charge on any atom is -0.328 e. The van der Waals surface area contributed by atoms with Gasteiger partial charge in [-0.05, 0) is 61.9 Å². The summed E-state index contributed by atoms with van der Waals surface area (Å²) in [5, 5.41) is 14.0. The lowest BCUT2D eigenvalue weighted by molar-refractivity contribution is -0.113. The van der Waals surface area contributed by atoms with E-state index in [1.54, 1.807) is 23.1 Å². The Kier molecular flexibility index (Phi) is 6.49. The molecule has 2 aromatic heterocycles. The smallest absolute Gasteiger partial charge is 0.255 e. The number of allylic oxidation sites excluding steroid dienone is 1. The standard InChI is InChI=1S/C27H27N5OS2/c1-16-11-12-17(2)20(14-16)15-35-27-30-26-28-19(4)23(24(32(26)31-27)22-10-7-13-34-22)25(33)29-21-9-6-5-8-18(21)3/h5-14,24H,15H2,1-4H3,(H,29,33)(H,28,30,31)/t24-/m1/s1. The fraction of sp³-hybridized carbons (Fsp3) is 0.222. The van der Waals surface area contributed by atoms with E-state index in [0.717, 1.165) is 27.6 Å². The Labute approximate surface area is 213 Å². The number of aromatic nitrogens is 3. The fourth-order valence-corrected chi connectivity index (χ4v) is 5.91. The molecule has 1 atom stereocenters. The summed E-state index contributed by atoms with van der Waals surface area (Å²) >= 11 is 3.22. The first-order valence-corrected chi connectivity index (χ1v) is 13.3. The maximum atomic E-state index is 13.6. The molecule has 2 N–H and O–H groups in total. The van der Waals surface area contributed by atoms with Crippen molar-refractivity contribution in [3.8, 4) is 0 Å². The SMILES string of the molecule is CC1=C(C(=O)Nc2ccccc2C)[C@@H](c2cccs2)n2nc(SCc3cc(C)ccc3C)nc2N1. The second-order valence-electron chi connectivity index (χ2n) is 8.73. The van der Waals surface area contributed by atoms with E-state index in [-0.39, 0.29) is 11.9 Å². The Morgan fingerprint density at radius 3 is 2.69 bits per heavy atom. The van der Waals surface area contributed by atoms with Crippen molar-refractivity contribution < 1.29 is 4.79 Å². The quantitative estimate of drug-likeness (QED) is 0.296. The summed E-state index contributed by atoms with van der Waals surface area (Å²) in [6.45, 7) is 8.15. The van der Waals surface area contributed by atoms with E-state index in [1.807, 2.05) is 60.3 Å². The molecule has 1 amide bonds. The summed E-state index contributed by atoms with van der Waals surface area (Å²) in [6.07, 6.45) is 0. The van der Waals surface area contributed by atoms with E-state index in [0.29, 0.717) is 16.7 Å². The van der Waals surface area contributed by atoms with Crippen molar-refractivity contribution in [2.45, 2.75) is 44.6 Å². The summed E-state index contributed by atoms with van der Waals surface area (Å²) in [6, 6.07) is 18.0. The highest BCUT2D eigenvalue weighted by Crippen LogP contribution is 2.39. The second kappa shape index (κ2) is 9.71. The summed E-state index contributed by atoms with van der Waals surface area (Å²) in [5.74, 6) is 1.29. The Morgan fingerprint density at radius 2 is 1.91 bits per heavy atom. The van der Waals surface area contributed by atoms with Gasteiger partial charge in [-0.3, -0.25) is 4.79 Å². The summed E-state index contributed by atoms with van der Waals surface area (Å²) < 4.78 is 1.84. The number of amides is 1. The van der Waals surface area contributed by atoms with Gasteiger partial charge in [0.2, 0.25) is 11.1 Å². The lowest BCUT2D eigenvalue weighted by Crippen LogP contribution is -2.31. The highest BCUT2D eigenvalue weighted by Gasteiger charge is 2.35. The zero-order valence-corrected chi connectivity index (χ0v) is 21.8. The van der Waals surface area contributed by atoms with E-state index in [9.17, 15) is 4.79 Å². The molecule has 3 heterocycles. The van der Waals surface area contributed by atoms with Gasteiger partial charge in [-0.1, -0.05) is 59.8 Å². The number of nitrogens with zero attached hydrogens (tertiary/aromatic N) is 3. The number of fused-ring (bicyclic) bond motifs is 1. The zero-order valence-electron chi connectivity index (χ0n) is 20.1. The number of para-hydroxylation sites is 1. The van der Waals surface area contributed by atoms with Crippen LogP contribution in [-0.2, 0) is 10.5 Å². The number of carbonyl (C=O) groups excluding carboxylic acids is 1. The van der Waals surface area contributed by atoms with Crippen LogP contribution in [0.3, 0.4) is 0 Å². The summed E-state index contributed by atoms with van der Waals surface area (Å²) in [5.41, 5.74) is 7.01. The molecule has 0 spiro atoms. The van der Waals surface area contributed by atoms with Gasteiger partial charge < -0.3 is 10.6 Å². The zero-order chi connectivity index (χ0) is 24.5. The van der Waals surface area contributed by atoms with Crippen molar-refractivity contribution in [3.63, 3.8) is 0 Å². The molecule has 0 bridgehead atoms. The first-order chi connectivity index (χ1) is 16.9. The third kappa shape index (κ3) is 4.76. The summed E-state index contributed by atoms with van der Waals surface area (Å²) in [4.78, 5) is 19.4. The normalized spacial score (nSPS) is 15.0. The van der Waals surface area contributed by atoms with E-state index >= 15 is 0 Å². The van der Waals surface area contributed by atoms with Crippen LogP contribution < -0.4 is 10.6 Å². The molecule has 0 unspecified atom stereocenters. The van der Waals surface area contributed by atoms with Gasteiger partial charge in [0.1, 0.15) is 6.04 Å². The van der Waals surface area contributed by atoms with Gasteiger partial charge in [0.15, 0.2) is 0 Å². The molecule has 0 saturated carbocycles. The minimum atomic E-state index is -0.349. The van der Waals surface area contributed by atoms with Crippen LogP contribution in [0.25, 0.3) is 0 Å². The van der Waals surface area contributed by atoms with E-state index in [1.165, 1.54) is 16.7 Å². The van der Waals surface area contributed by atoms with E-state index < -0.39 is 0 Å². The van der Waals surface area contributed by atoms with Gasteiger partial charge in [-0.25, -0.2) is 4.68 Å². The Morgan fingerprint density at radius 1 is 1.09 bits per heavy atom. The lowest BCUT2D eigenvalue weighted by atomic mass is 10.0. The number of hydrogen-bond acceptors (Lipinski definition) is 6. The molecule has 6 nitrogen and oxygen atoms in total. The molecule has 1 aliphatic heterocycles. The van der Waals surface area contributed by atoms with Crippen LogP contribution in [0, 0.1) is 20.8 Å². The Bertz CT molecular complexity index is 1420. The number of aryl methyl sites for hydroxylation is 3. The molecule has 0 fully saturated rings. The Balaban J connectivity index is 1.46. The average molecular weight is 502 g/mol. The molecular formula is C27H27N5OS2. The number of carbonyl (C=O) groups is 1. The van der Waals surface area contributed by atoms with Gasteiger partial charge in [-0.2, -0.15) is 4.98 Å². The van der Waals surface area contributed by atoms with Crippen LogP contribution in [0.1, 0.15) is 40.1 Å². The van der Waals surface area contributed by atoms with Gasteiger partial charge >= 0.3 is 0 Å². The van der Waals surface area contributed by atoms with Gasteiger partial charge in [0, 0.05) is 22.0 Å². The predicted octanol–water partition coefficient (Wildman–Crippen LogP) is 6.48. The predicted molar refractivity (Wildman–Crippen MR) is 144 cm³/mol. The van der Waals surface area contributed by atoms with Crippen LogP contribution in [0.5, 0.6) is 0 Å². The highest BCUT2D eigenvalue weighted by atomic mass is 32.2. The Hall–Kier alpha value is -3.36. The fourth-order valence-electron chi connectivity index (χ4n) is 4.20. The van der Waals surface area contributed by atoms with Crippen molar-refractivity contribution in [1.82, 2.24) is 14.8 Å². The number of anilines is 2.